The molecule has 0 unspecified atom stereocenters. The SMILES string of the molecule is N[C@@H](CCO)C(=O)O.O=[N+]([O-])[n+]1nnc[nH]1. The number of nitrogens with zero attached hydrogens (tertiary/aromatic N) is 4. The van der Waals surface area contributed by atoms with Crippen LogP contribution in [-0.2, 0) is 4.79 Å². The number of aliphatic carboxylic acids is 1. The van der Waals surface area contributed by atoms with Crippen molar-refractivity contribution in [2.24, 2.45) is 5.73 Å². The summed E-state index contributed by atoms with van der Waals surface area (Å²) in [6.07, 6.45) is 1.23. The number of H-pyrrole nitrogens is 1. The minimum absolute atomic E-state index is 0.120. The number of hydrogen-bond acceptors (Lipinski definition) is 7. The van der Waals surface area contributed by atoms with Crippen LogP contribution in [0.3, 0.4) is 0 Å². The number of nitro groups is 1. The Morgan fingerprint density at radius 3 is 2.56 bits per heavy atom. The van der Waals surface area contributed by atoms with Gasteiger partial charge < -0.3 is 26.1 Å². The van der Waals surface area contributed by atoms with Crippen molar-refractivity contribution >= 4 is 5.97 Å². The summed E-state index contributed by atoms with van der Waals surface area (Å²) in [5.41, 5.74) is 4.97. The summed E-state index contributed by atoms with van der Waals surface area (Å²) in [7, 11) is 0. The van der Waals surface area contributed by atoms with Crippen LogP contribution >= 0.6 is 0 Å². The van der Waals surface area contributed by atoms with Crippen LogP contribution in [0.25, 0.3) is 0 Å². The molecule has 0 bridgehead atoms. The highest BCUT2D eigenvalue weighted by molar-refractivity contribution is 5.72. The molecule has 0 aromatic carbocycles. The van der Waals surface area contributed by atoms with Gasteiger partial charge in [-0.25, -0.2) is 0 Å². The van der Waals surface area contributed by atoms with Gasteiger partial charge in [0, 0.05) is 6.61 Å². The third-order valence-corrected chi connectivity index (χ3v) is 1.28. The molecule has 1 aromatic rings. The number of aromatic nitrogens is 4. The Kier molecular flexibility index (Phi) is 6.23. The number of aromatic amines is 1. The van der Waals surface area contributed by atoms with Gasteiger partial charge in [-0.1, -0.05) is 5.10 Å². The lowest BCUT2D eigenvalue weighted by atomic mass is 10.2. The predicted molar refractivity (Wildman–Crippen MR) is 46.3 cm³/mol. The number of tetrazole rings is 1. The fourth-order valence-electron chi connectivity index (χ4n) is 0.520. The van der Waals surface area contributed by atoms with Gasteiger partial charge in [0.1, 0.15) is 11.1 Å². The Hall–Kier alpha value is -2.14. The lowest BCUT2D eigenvalue weighted by Crippen LogP contribution is -2.46. The molecule has 11 heteroatoms. The van der Waals surface area contributed by atoms with E-state index in [4.69, 9.17) is 15.9 Å². The van der Waals surface area contributed by atoms with Gasteiger partial charge in [0.2, 0.25) is 0 Å². The molecule has 16 heavy (non-hydrogen) atoms. The quantitative estimate of drug-likeness (QED) is 0.241. The molecule has 90 valence electrons. The first-order valence-corrected chi connectivity index (χ1v) is 4.01. The molecule has 0 fully saturated rings. The van der Waals surface area contributed by atoms with E-state index in [0.29, 0.717) is 4.91 Å². The van der Waals surface area contributed by atoms with Crippen LogP contribution in [0, 0.1) is 10.1 Å². The normalized spacial score (nSPS) is 11.1. The van der Waals surface area contributed by atoms with E-state index in [1.807, 2.05) is 0 Å². The van der Waals surface area contributed by atoms with Gasteiger partial charge in [0.15, 0.2) is 5.10 Å². The lowest BCUT2D eigenvalue weighted by molar-refractivity contribution is -1.25. The summed E-state index contributed by atoms with van der Waals surface area (Å²) in [5.74, 6) is -1.07. The van der Waals surface area contributed by atoms with Gasteiger partial charge in [-0.2, -0.15) is 0 Å². The molecule has 0 saturated carbocycles. The van der Waals surface area contributed by atoms with E-state index < -0.39 is 17.0 Å². The summed E-state index contributed by atoms with van der Waals surface area (Å²) < 4.78 is 0. The van der Waals surface area contributed by atoms with Crippen molar-refractivity contribution < 1.29 is 24.9 Å². The van der Waals surface area contributed by atoms with Crippen LogP contribution in [0.2, 0.25) is 0 Å². The zero-order valence-electron chi connectivity index (χ0n) is 8.05. The monoisotopic (exact) mass is 235 g/mol. The van der Waals surface area contributed by atoms with Crippen molar-refractivity contribution in [3.05, 3.63) is 16.4 Å². The van der Waals surface area contributed by atoms with Crippen molar-refractivity contribution in [1.29, 1.82) is 0 Å². The molecule has 0 aliphatic heterocycles. The van der Waals surface area contributed by atoms with Crippen LogP contribution in [0.5, 0.6) is 0 Å². The minimum atomic E-state index is -1.07. The topological polar surface area (TPSA) is 172 Å². The summed E-state index contributed by atoms with van der Waals surface area (Å²) in [4.78, 5) is 20.0. The maximum absolute atomic E-state index is 9.85. The molecule has 1 heterocycles. The Labute approximate surface area is 88.6 Å². The number of hydrogen-bond donors (Lipinski definition) is 4. The molecule has 11 nitrogen and oxygen atoms in total. The third kappa shape index (κ3) is 5.56. The van der Waals surface area contributed by atoms with Crippen LogP contribution in [0.4, 0.5) is 0 Å². The van der Waals surface area contributed by atoms with Crippen molar-refractivity contribution in [3.63, 3.8) is 0 Å². The van der Waals surface area contributed by atoms with Crippen molar-refractivity contribution in [3.8, 4) is 0 Å². The highest BCUT2D eigenvalue weighted by Crippen LogP contribution is 1.83. The zero-order valence-corrected chi connectivity index (χ0v) is 8.05. The standard InChI is InChI=1S/C4H9NO3.CHN5O2/c5-3(1-2-6)4(7)8;7-6(8)5-3-1-2-4-5/h3,6H,1-2,5H2,(H,7,8);1H/p+1/t3-;/m0./s1. The first-order chi connectivity index (χ1) is 7.49. The van der Waals surface area contributed by atoms with E-state index >= 15 is 0 Å². The van der Waals surface area contributed by atoms with Crippen LogP contribution in [-0.4, -0.2) is 49.3 Å². The van der Waals surface area contributed by atoms with E-state index in [9.17, 15) is 14.9 Å². The number of carbonyl (C=O) groups is 1. The molecule has 0 spiro atoms. The number of nitrogens with two attached hydrogens (primary N) is 1. The maximum atomic E-state index is 9.85. The molecular formula is C5H11N6O5+. The highest BCUT2D eigenvalue weighted by Gasteiger charge is 2.09. The smallest absolute Gasteiger partial charge is 0.355 e. The van der Waals surface area contributed by atoms with Gasteiger partial charge in [0.25, 0.3) is 4.91 Å². The van der Waals surface area contributed by atoms with E-state index in [-0.39, 0.29) is 13.0 Å². The average Bonchev–Trinajstić information content (AvgIpc) is 2.71. The summed E-state index contributed by atoms with van der Waals surface area (Å²) in [6, 6.07) is -0.917. The van der Waals surface area contributed by atoms with Gasteiger partial charge in [-0.15, -0.1) is 0 Å². The first kappa shape index (κ1) is 13.9. The second-order valence-electron chi connectivity index (χ2n) is 2.45. The van der Waals surface area contributed by atoms with E-state index in [2.05, 4.69) is 15.4 Å². The number of carboxylic acid groups (broad SMARTS) is 1. The molecule has 0 amide bonds. The molecule has 0 radical (unpaired) electrons. The number of aliphatic hydroxyl groups excluding tert-OH is 1. The van der Waals surface area contributed by atoms with Crippen LogP contribution in [0.1, 0.15) is 6.42 Å². The second kappa shape index (κ2) is 7.19. The van der Waals surface area contributed by atoms with Crippen LogP contribution < -0.4 is 10.6 Å². The zero-order chi connectivity index (χ0) is 12.6. The fourth-order valence-corrected chi connectivity index (χ4v) is 0.520. The first-order valence-electron chi connectivity index (χ1n) is 4.01. The Bertz CT molecular complexity index is 326. The molecule has 0 aliphatic rings. The Balaban J connectivity index is 0.000000281. The second-order valence-corrected chi connectivity index (χ2v) is 2.45. The Morgan fingerprint density at radius 2 is 2.38 bits per heavy atom. The van der Waals surface area contributed by atoms with Crippen molar-refractivity contribution in [2.45, 2.75) is 12.5 Å². The van der Waals surface area contributed by atoms with Crippen molar-refractivity contribution in [1.82, 2.24) is 15.4 Å². The molecular weight excluding hydrogens is 224 g/mol. The van der Waals surface area contributed by atoms with Gasteiger partial charge >= 0.3 is 17.5 Å². The molecule has 1 rings (SSSR count). The lowest BCUT2D eigenvalue weighted by Gasteiger charge is -2.00. The van der Waals surface area contributed by atoms with Gasteiger partial charge in [-0.3, -0.25) is 4.79 Å². The molecule has 5 N–H and O–H groups in total. The maximum Gasteiger partial charge on any atom is 0.355 e. The summed E-state index contributed by atoms with van der Waals surface area (Å²) in [6.45, 7) is -0.173. The van der Waals surface area contributed by atoms with E-state index in [1.54, 1.807) is 0 Å². The highest BCUT2D eigenvalue weighted by atomic mass is 16.7. The Morgan fingerprint density at radius 1 is 1.75 bits per heavy atom. The minimum Gasteiger partial charge on any atom is -0.480 e. The molecule has 1 atom stereocenters. The molecule has 1 aromatic heterocycles. The third-order valence-electron chi connectivity index (χ3n) is 1.28. The predicted octanol–water partition coefficient (Wildman–Crippen LogP) is -3.09. The number of nitrogens with one attached hydrogen (secondary N) is 1. The summed E-state index contributed by atoms with van der Waals surface area (Å²) >= 11 is 0. The average molecular weight is 235 g/mol. The van der Waals surface area contributed by atoms with Gasteiger partial charge in [0.05, 0.1) is 0 Å². The number of aliphatic hydroxyl groups is 1. The molecule has 0 aliphatic carbocycles. The van der Waals surface area contributed by atoms with E-state index in [0.717, 1.165) is 6.33 Å². The number of rotatable bonds is 4. The van der Waals surface area contributed by atoms with E-state index in [1.165, 1.54) is 0 Å². The largest absolute Gasteiger partial charge is 0.480 e. The fraction of sp³-hybridized carbons (Fsp3) is 0.600. The van der Waals surface area contributed by atoms with Crippen molar-refractivity contribution in [2.75, 3.05) is 6.61 Å². The van der Waals surface area contributed by atoms with Gasteiger partial charge in [-0.05, 0) is 6.42 Å². The molecule has 0 saturated heterocycles. The van der Waals surface area contributed by atoms with Crippen LogP contribution in [0.15, 0.2) is 6.33 Å². The number of carboxylic acids is 1. The summed E-state index contributed by atoms with van der Waals surface area (Å²) in [5, 5.41) is 33.5.